The van der Waals surface area contributed by atoms with Crippen LogP contribution in [0.15, 0.2) is 48.8 Å². The van der Waals surface area contributed by atoms with Gasteiger partial charge in [-0.1, -0.05) is 6.07 Å². The van der Waals surface area contributed by atoms with Gasteiger partial charge in [-0.2, -0.15) is 18.3 Å². The number of anilines is 1. The first-order chi connectivity index (χ1) is 14.6. The van der Waals surface area contributed by atoms with Gasteiger partial charge in [0.15, 0.2) is 5.82 Å². The number of pyridine rings is 1. The Balaban J connectivity index is 1.71. The predicted molar refractivity (Wildman–Crippen MR) is 103 cm³/mol. The van der Waals surface area contributed by atoms with Gasteiger partial charge in [0.1, 0.15) is 5.82 Å². The molecule has 2 heterocycles. The maximum atomic E-state index is 13.2. The fraction of sp³-hybridized carbons (Fsp3) is 0.200. The number of aromatic nitrogens is 3. The molecule has 3 rings (SSSR count). The molecule has 0 spiro atoms. The summed E-state index contributed by atoms with van der Waals surface area (Å²) in [6, 6.07) is 7.34. The van der Waals surface area contributed by atoms with Gasteiger partial charge in [-0.15, -0.1) is 0 Å². The molecule has 1 aromatic carbocycles. The molecule has 0 aliphatic carbocycles. The van der Waals surface area contributed by atoms with Crippen molar-refractivity contribution in [2.75, 3.05) is 18.9 Å². The molecule has 0 aliphatic heterocycles. The minimum Gasteiger partial charge on any atom is -0.332 e. The largest absolute Gasteiger partial charge is 0.417 e. The van der Waals surface area contributed by atoms with Crippen LogP contribution in [0.2, 0.25) is 0 Å². The Hall–Kier alpha value is -3.76. The van der Waals surface area contributed by atoms with Crippen molar-refractivity contribution in [1.29, 1.82) is 0 Å². The normalized spacial score (nSPS) is 11.3. The van der Waals surface area contributed by atoms with Crippen molar-refractivity contribution in [2.24, 2.45) is 0 Å². The maximum absolute atomic E-state index is 13.2. The molecule has 0 atom stereocenters. The second-order valence-electron chi connectivity index (χ2n) is 6.68. The molecule has 11 heteroatoms. The van der Waals surface area contributed by atoms with Gasteiger partial charge in [0.05, 0.1) is 29.6 Å². The first-order valence-corrected chi connectivity index (χ1v) is 8.95. The highest BCUT2D eigenvalue weighted by Crippen LogP contribution is 2.28. The van der Waals surface area contributed by atoms with Crippen LogP contribution in [0.3, 0.4) is 0 Å². The number of rotatable bonds is 5. The van der Waals surface area contributed by atoms with Crippen molar-refractivity contribution in [3.05, 3.63) is 71.4 Å². The lowest BCUT2D eigenvalue weighted by atomic mass is 10.2. The van der Waals surface area contributed by atoms with E-state index < -0.39 is 29.4 Å². The Morgan fingerprint density at radius 3 is 2.52 bits per heavy atom. The molecule has 3 aromatic rings. The van der Waals surface area contributed by atoms with E-state index in [0.717, 1.165) is 23.1 Å². The molecule has 31 heavy (non-hydrogen) atoms. The number of amides is 2. The lowest BCUT2D eigenvalue weighted by Gasteiger charge is -2.16. The number of alkyl halides is 3. The summed E-state index contributed by atoms with van der Waals surface area (Å²) in [4.78, 5) is 29.7. The van der Waals surface area contributed by atoms with E-state index in [1.165, 1.54) is 36.1 Å². The number of nitrogens with zero attached hydrogens (tertiary/aromatic N) is 4. The second-order valence-corrected chi connectivity index (χ2v) is 6.68. The molecule has 7 nitrogen and oxygen atoms in total. The van der Waals surface area contributed by atoms with Crippen LogP contribution >= 0.6 is 0 Å². The van der Waals surface area contributed by atoms with Crippen molar-refractivity contribution in [3.8, 4) is 5.82 Å². The molecule has 2 aromatic heterocycles. The highest BCUT2D eigenvalue weighted by Gasteiger charge is 2.31. The minimum atomic E-state index is -4.51. The van der Waals surface area contributed by atoms with Crippen LogP contribution < -0.4 is 5.32 Å². The van der Waals surface area contributed by atoms with Crippen LogP contribution in [0.25, 0.3) is 5.82 Å². The molecule has 0 radical (unpaired) electrons. The van der Waals surface area contributed by atoms with Crippen molar-refractivity contribution in [2.45, 2.75) is 13.1 Å². The zero-order chi connectivity index (χ0) is 22.8. The van der Waals surface area contributed by atoms with E-state index in [1.54, 1.807) is 6.92 Å². The Bertz CT molecular complexity index is 1110. The number of halogens is 4. The molecule has 0 bridgehead atoms. The number of hydrogen-bond acceptors (Lipinski definition) is 4. The summed E-state index contributed by atoms with van der Waals surface area (Å²) in [7, 11) is 1.40. The van der Waals surface area contributed by atoms with E-state index in [9.17, 15) is 27.2 Å². The van der Waals surface area contributed by atoms with Crippen molar-refractivity contribution < 1.29 is 27.2 Å². The Morgan fingerprint density at radius 2 is 1.90 bits per heavy atom. The molecule has 0 saturated carbocycles. The van der Waals surface area contributed by atoms with Crippen LogP contribution in [0, 0.1) is 12.7 Å². The third kappa shape index (κ3) is 5.05. The van der Waals surface area contributed by atoms with Crippen LogP contribution in [0.1, 0.15) is 21.6 Å². The fourth-order valence-corrected chi connectivity index (χ4v) is 2.79. The number of nitrogens with one attached hydrogen (secondary N) is 1. The van der Waals surface area contributed by atoms with Crippen LogP contribution in [-0.2, 0) is 11.0 Å². The van der Waals surface area contributed by atoms with Gasteiger partial charge in [0.25, 0.3) is 5.91 Å². The Kier molecular flexibility index (Phi) is 6.04. The number of likely N-dealkylation sites (N-methyl/N-ethyl adjacent to an activating group) is 1. The van der Waals surface area contributed by atoms with Gasteiger partial charge < -0.3 is 10.2 Å². The summed E-state index contributed by atoms with van der Waals surface area (Å²) >= 11 is 0. The Labute approximate surface area is 174 Å². The van der Waals surface area contributed by atoms with E-state index in [4.69, 9.17) is 0 Å². The lowest BCUT2D eigenvalue weighted by Crippen LogP contribution is -2.35. The van der Waals surface area contributed by atoms with E-state index in [1.807, 2.05) is 0 Å². The van der Waals surface area contributed by atoms with Gasteiger partial charge in [-0.05, 0) is 37.3 Å². The topological polar surface area (TPSA) is 80.1 Å². The number of benzene rings is 1. The monoisotopic (exact) mass is 435 g/mol. The van der Waals surface area contributed by atoms with Crippen molar-refractivity contribution in [3.63, 3.8) is 0 Å². The zero-order valence-electron chi connectivity index (χ0n) is 16.4. The summed E-state index contributed by atoms with van der Waals surface area (Å²) in [6.07, 6.45) is -2.58. The molecular formula is C20H17F4N5O2. The van der Waals surface area contributed by atoms with Gasteiger partial charge >= 0.3 is 6.18 Å². The molecule has 0 saturated heterocycles. The first-order valence-electron chi connectivity index (χ1n) is 8.95. The van der Waals surface area contributed by atoms with E-state index in [0.29, 0.717) is 11.9 Å². The fourth-order valence-electron chi connectivity index (χ4n) is 2.79. The van der Waals surface area contributed by atoms with Crippen molar-refractivity contribution >= 4 is 17.5 Å². The molecule has 162 valence electrons. The van der Waals surface area contributed by atoms with Crippen LogP contribution in [0.4, 0.5) is 23.2 Å². The quantitative estimate of drug-likeness (QED) is 0.623. The van der Waals surface area contributed by atoms with Gasteiger partial charge in [0.2, 0.25) is 5.91 Å². The maximum Gasteiger partial charge on any atom is 0.417 e. The molecule has 1 N–H and O–H groups in total. The first kappa shape index (κ1) is 21.9. The van der Waals surface area contributed by atoms with E-state index in [2.05, 4.69) is 15.4 Å². The summed E-state index contributed by atoms with van der Waals surface area (Å²) in [5, 5.41) is 6.51. The molecule has 0 unspecified atom stereocenters. The smallest absolute Gasteiger partial charge is 0.332 e. The van der Waals surface area contributed by atoms with E-state index in [-0.39, 0.29) is 23.6 Å². The molecule has 2 amide bonds. The third-order valence-electron chi connectivity index (χ3n) is 4.37. The van der Waals surface area contributed by atoms with Crippen LogP contribution in [-0.4, -0.2) is 45.1 Å². The zero-order valence-corrected chi connectivity index (χ0v) is 16.4. The van der Waals surface area contributed by atoms with Crippen LogP contribution in [0.5, 0.6) is 0 Å². The highest BCUT2D eigenvalue weighted by atomic mass is 19.4. The summed E-state index contributed by atoms with van der Waals surface area (Å²) in [5.74, 6) is -1.46. The average molecular weight is 435 g/mol. The average Bonchev–Trinajstić information content (AvgIpc) is 3.08. The number of carbonyl (C=O) groups excluding carboxylic acids is 2. The number of hydrogen-bond donors (Lipinski definition) is 1. The van der Waals surface area contributed by atoms with Crippen molar-refractivity contribution in [1.82, 2.24) is 19.7 Å². The second kappa shape index (κ2) is 8.54. The van der Waals surface area contributed by atoms with Gasteiger partial charge in [0, 0.05) is 18.9 Å². The minimum absolute atomic E-state index is 0.107. The highest BCUT2D eigenvalue weighted by molar-refractivity contribution is 5.99. The van der Waals surface area contributed by atoms with E-state index >= 15 is 0 Å². The molecule has 0 fully saturated rings. The SMILES string of the molecule is Cc1c(C(=O)N(C)CC(=O)Nc2cccc(F)c2)cnn1-c1ccc(C(F)(F)F)cn1. The summed E-state index contributed by atoms with van der Waals surface area (Å²) in [5.41, 5.74) is -0.151. The van der Waals surface area contributed by atoms with Gasteiger partial charge in [-0.25, -0.2) is 14.1 Å². The standard InChI is InChI=1S/C20H17F4N5O2/c1-12-16(10-26-29(12)17-7-6-13(9-25-17)20(22,23)24)19(31)28(2)11-18(30)27-15-5-3-4-14(21)8-15/h3-10H,11H2,1-2H3,(H,27,30). The predicted octanol–water partition coefficient (Wildman–Crippen LogP) is 3.44. The lowest BCUT2D eigenvalue weighted by molar-refractivity contribution is -0.137. The summed E-state index contributed by atoms with van der Waals surface area (Å²) < 4.78 is 52.5. The van der Waals surface area contributed by atoms with Gasteiger partial charge in [-0.3, -0.25) is 9.59 Å². The Morgan fingerprint density at radius 1 is 1.16 bits per heavy atom. The summed E-state index contributed by atoms with van der Waals surface area (Å²) in [6.45, 7) is 1.25. The molecule has 0 aliphatic rings. The third-order valence-corrected chi connectivity index (χ3v) is 4.37. The number of carbonyl (C=O) groups is 2. The molecular weight excluding hydrogens is 418 g/mol.